The molecule has 0 bridgehead atoms. The molecule has 2 atom stereocenters. The summed E-state index contributed by atoms with van der Waals surface area (Å²) in [5.41, 5.74) is 0. The van der Waals surface area contributed by atoms with Crippen LogP contribution in [0.2, 0.25) is 0 Å². The van der Waals surface area contributed by atoms with E-state index in [0.717, 1.165) is 58.9 Å². The van der Waals surface area contributed by atoms with Crippen molar-refractivity contribution >= 4 is 0 Å². The van der Waals surface area contributed by atoms with E-state index in [2.05, 4.69) is 0 Å². The van der Waals surface area contributed by atoms with Gasteiger partial charge in [0.05, 0.1) is 51.8 Å². The Morgan fingerprint density at radius 2 is 1.27 bits per heavy atom. The minimum atomic E-state index is 0.295. The normalized spacial score (nSPS) is 32.8. The van der Waals surface area contributed by atoms with Crippen LogP contribution >= 0.6 is 0 Å². The maximum Gasteiger partial charge on any atom is 0.0809 e. The molecule has 0 amide bonds. The predicted molar refractivity (Wildman–Crippen MR) is 55.0 cm³/mol. The van der Waals surface area contributed by atoms with Gasteiger partial charge in [-0.1, -0.05) is 0 Å². The fourth-order valence-electron chi connectivity index (χ4n) is 1.98. The van der Waals surface area contributed by atoms with Crippen LogP contribution in [0.5, 0.6) is 0 Å². The van der Waals surface area contributed by atoms with Gasteiger partial charge in [0.1, 0.15) is 0 Å². The van der Waals surface area contributed by atoms with Crippen molar-refractivity contribution in [2.45, 2.75) is 31.5 Å². The third-order valence-electron chi connectivity index (χ3n) is 2.82. The molecule has 88 valence electrons. The molecule has 0 N–H and O–H groups in total. The molecular weight excluding hydrogens is 196 g/mol. The van der Waals surface area contributed by atoms with Gasteiger partial charge in [0.25, 0.3) is 0 Å². The summed E-state index contributed by atoms with van der Waals surface area (Å²) in [4.78, 5) is 0. The fraction of sp³-hybridized carbons (Fsp3) is 1.00. The van der Waals surface area contributed by atoms with Crippen molar-refractivity contribution in [3.8, 4) is 0 Å². The molecule has 2 rings (SSSR count). The Morgan fingerprint density at radius 1 is 0.733 bits per heavy atom. The molecule has 0 spiro atoms. The van der Waals surface area contributed by atoms with Gasteiger partial charge in [-0.05, 0) is 19.3 Å². The van der Waals surface area contributed by atoms with E-state index in [9.17, 15) is 0 Å². The third kappa shape index (κ3) is 4.07. The third-order valence-corrected chi connectivity index (χ3v) is 2.82. The Bertz CT molecular complexity index is 144. The molecule has 0 unspecified atom stereocenters. The van der Waals surface area contributed by atoms with Crippen molar-refractivity contribution < 1.29 is 18.9 Å². The summed E-state index contributed by atoms with van der Waals surface area (Å²) in [6, 6.07) is 0. The molecule has 2 heterocycles. The van der Waals surface area contributed by atoms with E-state index in [1.165, 1.54) is 0 Å². The van der Waals surface area contributed by atoms with E-state index in [4.69, 9.17) is 18.9 Å². The molecule has 2 fully saturated rings. The lowest BCUT2D eigenvalue weighted by Crippen LogP contribution is -2.30. The van der Waals surface area contributed by atoms with Crippen molar-refractivity contribution in [3.05, 3.63) is 0 Å². The van der Waals surface area contributed by atoms with Crippen molar-refractivity contribution in [2.24, 2.45) is 0 Å². The molecule has 0 aromatic heterocycles. The van der Waals surface area contributed by atoms with E-state index in [-0.39, 0.29) is 0 Å². The van der Waals surface area contributed by atoms with Gasteiger partial charge >= 0.3 is 0 Å². The topological polar surface area (TPSA) is 36.9 Å². The van der Waals surface area contributed by atoms with Gasteiger partial charge in [-0.2, -0.15) is 0 Å². The highest BCUT2D eigenvalue weighted by molar-refractivity contribution is 4.65. The molecule has 2 aliphatic heterocycles. The van der Waals surface area contributed by atoms with E-state index < -0.39 is 0 Å². The molecule has 4 heteroatoms. The smallest absolute Gasteiger partial charge is 0.0809 e. The number of hydrogen-bond acceptors (Lipinski definition) is 4. The lowest BCUT2D eigenvalue weighted by atomic mass is 10.1. The SMILES string of the molecule is C(C[C@@H]1COCCO1)C[C@@H]1COCCO1. The number of rotatable bonds is 4. The Hall–Kier alpha value is -0.160. The summed E-state index contributed by atoms with van der Waals surface area (Å²) in [6.45, 7) is 4.48. The van der Waals surface area contributed by atoms with Crippen LogP contribution in [0.3, 0.4) is 0 Å². The maximum absolute atomic E-state index is 5.57. The summed E-state index contributed by atoms with van der Waals surface area (Å²) in [5, 5.41) is 0. The molecule has 15 heavy (non-hydrogen) atoms. The summed E-state index contributed by atoms with van der Waals surface area (Å²) in [6.07, 6.45) is 3.86. The van der Waals surface area contributed by atoms with E-state index in [0.29, 0.717) is 12.2 Å². The van der Waals surface area contributed by atoms with Crippen LogP contribution in [-0.4, -0.2) is 51.8 Å². The first-order chi connectivity index (χ1) is 7.45. The highest BCUT2D eigenvalue weighted by Gasteiger charge is 2.17. The van der Waals surface area contributed by atoms with Gasteiger partial charge in [-0.25, -0.2) is 0 Å². The Morgan fingerprint density at radius 3 is 1.67 bits per heavy atom. The van der Waals surface area contributed by atoms with Crippen molar-refractivity contribution in [1.29, 1.82) is 0 Å². The number of hydrogen-bond donors (Lipinski definition) is 0. The molecule has 0 aromatic carbocycles. The second-order valence-corrected chi connectivity index (χ2v) is 4.07. The van der Waals surface area contributed by atoms with Crippen molar-refractivity contribution in [2.75, 3.05) is 39.6 Å². The molecule has 2 saturated heterocycles. The molecule has 4 nitrogen and oxygen atoms in total. The first kappa shape index (κ1) is 11.3. The van der Waals surface area contributed by atoms with Crippen LogP contribution in [0.1, 0.15) is 19.3 Å². The van der Waals surface area contributed by atoms with Crippen LogP contribution < -0.4 is 0 Å². The van der Waals surface area contributed by atoms with Crippen LogP contribution in [0.25, 0.3) is 0 Å². The summed E-state index contributed by atoms with van der Waals surface area (Å²) >= 11 is 0. The second-order valence-electron chi connectivity index (χ2n) is 4.07. The first-order valence-corrected chi connectivity index (χ1v) is 5.84. The Labute approximate surface area is 90.8 Å². The maximum atomic E-state index is 5.57. The molecule has 0 radical (unpaired) electrons. The van der Waals surface area contributed by atoms with Crippen LogP contribution in [-0.2, 0) is 18.9 Å². The first-order valence-electron chi connectivity index (χ1n) is 5.84. The van der Waals surface area contributed by atoms with Gasteiger partial charge < -0.3 is 18.9 Å². The molecule has 0 saturated carbocycles. The van der Waals surface area contributed by atoms with Crippen molar-refractivity contribution in [3.63, 3.8) is 0 Å². The summed E-state index contributed by atoms with van der Waals surface area (Å²) in [5.74, 6) is 0. The van der Waals surface area contributed by atoms with E-state index in [1.54, 1.807) is 0 Å². The van der Waals surface area contributed by atoms with Crippen LogP contribution in [0.4, 0.5) is 0 Å². The lowest BCUT2D eigenvalue weighted by Gasteiger charge is -2.25. The zero-order valence-corrected chi connectivity index (χ0v) is 9.15. The minimum absolute atomic E-state index is 0.295. The zero-order chi connectivity index (χ0) is 10.3. The summed E-state index contributed by atoms with van der Waals surface area (Å²) in [7, 11) is 0. The minimum Gasteiger partial charge on any atom is -0.376 e. The lowest BCUT2D eigenvalue weighted by molar-refractivity contribution is -0.102. The predicted octanol–water partition coefficient (Wildman–Crippen LogP) is 0.987. The zero-order valence-electron chi connectivity index (χ0n) is 9.15. The van der Waals surface area contributed by atoms with Crippen LogP contribution in [0.15, 0.2) is 0 Å². The molecule has 0 aliphatic carbocycles. The molecule has 0 aromatic rings. The largest absolute Gasteiger partial charge is 0.376 e. The van der Waals surface area contributed by atoms with Gasteiger partial charge in [0.15, 0.2) is 0 Å². The van der Waals surface area contributed by atoms with Crippen LogP contribution in [0, 0.1) is 0 Å². The van der Waals surface area contributed by atoms with Gasteiger partial charge in [0.2, 0.25) is 0 Å². The summed E-state index contributed by atoms with van der Waals surface area (Å²) < 4.78 is 21.8. The van der Waals surface area contributed by atoms with E-state index in [1.807, 2.05) is 0 Å². The van der Waals surface area contributed by atoms with Gasteiger partial charge in [-0.3, -0.25) is 0 Å². The highest BCUT2D eigenvalue weighted by atomic mass is 16.6. The average Bonchev–Trinajstić information content (AvgIpc) is 2.32. The van der Waals surface area contributed by atoms with Crippen molar-refractivity contribution in [1.82, 2.24) is 0 Å². The Kier molecular flexibility index (Phi) is 4.86. The molecule has 2 aliphatic rings. The average molecular weight is 216 g/mol. The standard InChI is InChI=1S/C11H20O4/c1(2-10-8-12-4-6-14-10)3-11-9-13-5-7-15-11/h10-11H,1-9H2/t10-,11-/m1/s1. The van der Waals surface area contributed by atoms with E-state index >= 15 is 0 Å². The molecular formula is C11H20O4. The van der Waals surface area contributed by atoms with Gasteiger partial charge in [0, 0.05) is 0 Å². The second kappa shape index (κ2) is 6.43. The number of ether oxygens (including phenoxy) is 4. The monoisotopic (exact) mass is 216 g/mol. The van der Waals surface area contributed by atoms with Gasteiger partial charge in [-0.15, -0.1) is 0 Å². The quantitative estimate of drug-likeness (QED) is 0.702. The fourth-order valence-corrected chi connectivity index (χ4v) is 1.98. The Balaban J connectivity index is 1.53. The highest BCUT2D eigenvalue weighted by Crippen LogP contribution is 2.13.